The Morgan fingerprint density at radius 3 is 2.85 bits per heavy atom. The Hall–Kier alpha value is -2.87. The van der Waals surface area contributed by atoms with E-state index in [4.69, 9.17) is 26.8 Å². The molecule has 0 saturated heterocycles. The van der Waals surface area contributed by atoms with Gasteiger partial charge in [0.25, 0.3) is 11.9 Å². The second-order valence-electron chi connectivity index (χ2n) is 5.13. The topological polar surface area (TPSA) is 98.8 Å². The highest BCUT2D eigenvalue weighted by atomic mass is 35.5. The molecule has 0 spiro atoms. The van der Waals surface area contributed by atoms with E-state index < -0.39 is 11.7 Å². The number of amides is 1. The molecular weight excluding hydrogens is 363 g/mol. The van der Waals surface area contributed by atoms with Crippen LogP contribution in [0.1, 0.15) is 16.1 Å². The molecule has 1 amide bonds. The zero-order valence-electron chi connectivity index (χ0n) is 14.3. The van der Waals surface area contributed by atoms with E-state index in [1.54, 1.807) is 0 Å². The Morgan fingerprint density at radius 1 is 1.42 bits per heavy atom. The molecule has 2 aromatic rings. The smallest absolute Gasteiger partial charge is 0.281 e. The number of carbonyl (C=O) groups excluding carboxylic acids is 1. The molecule has 0 aliphatic heterocycles. The number of benzene rings is 1. The van der Waals surface area contributed by atoms with Crippen LogP contribution >= 0.6 is 11.6 Å². The summed E-state index contributed by atoms with van der Waals surface area (Å²) in [5, 5.41) is 2.78. The molecule has 1 aromatic carbocycles. The molecule has 26 heavy (non-hydrogen) atoms. The van der Waals surface area contributed by atoms with E-state index in [1.807, 2.05) is 0 Å². The van der Waals surface area contributed by atoms with Gasteiger partial charge in [-0.3, -0.25) is 4.79 Å². The van der Waals surface area contributed by atoms with Gasteiger partial charge in [-0.25, -0.2) is 14.4 Å². The Bertz CT molecular complexity index is 830. The highest BCUT2D eigenvalue weighted by molar-refractivity contribution is 6.34. The monoisotopic (exact) mass is 380 g/mol. The molecule has 0 fully saturated rings. The fraction of sp³-hybridized carbons (Fsp3) is 0.235. The minimum atomic E-state index is -0.520. The maximum atomic E-state index is 13.9. The largest absolute Gasteiger partial charge is 0.495 e. The number of methoxy groups -OCH3 is 1. The number of nitrogens with one attached hydrogen (secondary N) is 1. The van der Waals surface area contributed by atoms with Crippen molar-refractivity contribution in [1.29, 1.82) is 0 Å². The molecule has 1 heterocycles. The van der Waals surface area contributed by atoms with Crippen molar-refractivity contribution in [1.82, 2.24) is 4.98 Å². The molecule has 7 nitrogen and oxygen atoms in total. The molecule has 1 aromatic heterocycles. The SMILES string of the molecule is CN=C(N)OCCc1cc(NC(=O)c2ncc(OC)cc2Cl)ccc1F. The summed E-state index contributed by atoms with van der Waals surface area (Å²) < 4.78 is 24.0. The number of anilines is 1. The summed E-state index contributed by atoms with van der Waals surface area (Å²) in [5.41, 5.74) is 6.22. The number of pyridine rings is 1. The molecule has 2 rings (SSSR count). The third-order valence-corrected chi connectivity index (χ3v) is 3.70. The van der Waals surface area contributed by atoms with Crippen LogP contribution in [-0.4, -0.2) is 37.7 Å². The average Bonchev–Trinajstić information content (AvgIpc) is 2.63. The molecule has 0 bridgehead atoms. The van der Waals surface area contributed by atoms with Crippen molar-refractivity contribution < 1.29 is 18.7 Å². The fourth-order valence-electron chi connectivity index (χ4n) is 2.06. The molecular formula is C17H18ClFN4O3. The standard InChI is InChI=1S/C17H18ClFN4O3/c1-21-17(20)26-6-5-10-7-11(3-4-14(10)19)23-16(24)15-13(18)8-12(25-2)9-22-15/h3-4,7-9H,5-6H2,1-2H3,(H2,20,21)(H,23,24). The van der Waals surface area contributed by atoms with Gasteiger partial charge in [-0.15, -0.1) is 0 Å². The number of halogens is 2. The second kappa shape index (κ2) is 9.00. The number of aliphatic imine (C=N–C) groups is 1. The van der Waals surface area contributed by atoms with E-state index in [0.717, 1.165) is 0 Å². The first kappa shape index (κ1) is 19.5. The third-order valence-electron chi connectivity index (χ3n) is 3.41. The predicted molar refractivity (Wildman–Crippen MR) is 97.4 cm³/mol. The first-order valence-corrected chi connectivity index (χ1v) is 7.96. The number of aromatic nitrogens is 1. The first-order chi connectivity index (χ1) is 12.4. The van der Waals surface area contributed by atoms with Gasteiger partial charge in [0.1, 0.15) is 17.3 Å². The number of amidine groups is 1. The van der Waals surface area contributed by atoms with E-state index in [-0.39, 0.29) is 29.8 Å². The van der Waals surface area contributed by atoms with Gasteiger partial charge >= 0.3 is 0 Å². The second-order valence-corrected chi connectivity index (χ2v) is 5.53. The summed E-state index contributed by atoms with van der Waals surface area (Å²) in [6.45, 7) is 0.156. The highest BCUT2D eigenvalue weighted by Crippen LogP contribution is 2.22. The zero-order valence-corrected chi connectivity index (χ0v) is 15.0. The number of carbonyl (C=O) groups is 1. The quantitative estimate of drug-likeness (QED) is 0.593. The van der Waals surface area contributed by atoms with Crippen LogP contribution in [0.15, 0.2) is 35.5 Å². The molecule has 3 N–H and O–H groups in total. The van der Waals surface area contributed by atoms with Crippen LogP contribution in [-0.2, 0) is 11.2 Å². The summed E-state index contributed by atoms with van der Waals surface area (Å²) in [4.78, 5) is 19.9. The summed E-state index contributed by atoms with van der Waals surface area (Å²) in [6, 6.07) is 5.71. The van der Waals surface area contributed by atoms with Crippen molar-refractivity contribution in [2.45, 2.75) is 6.42 Å². The van der Waals surface area contributed by atoms with Crippen LogP contribution in [0.25, 0.3) is 0 Å². The minimum Gasteiger partial charge on any atom is -0.495 e. The van der Waals surface area contributed by atoms with Gasteiger partial charge in [0.15, 0.2) is 0 Å². The molecule has 0 saturated carbocycles. The van der Waals surface area contributed by atoms with E-state index in [1.165, 1.54) is 44.6 Å². The van der Waals surface area contributed by atoms with Crippen molar-refractivity contribution in [3.8, 4) is 5.75 Å². The number of ether oxygens (including phenoxy) is 2. The number of nitrogens with two attached hydrogens (primary N) is 1. The summed E-state index contributed by atoms with van der Waals surface area (Å²) >= 11 is 6.03. The van der Waals surface area contributed by atoms with Gasteiger partial charge in [0.2, 0.25) is 0 Å². The first-order valence-electron chi connectivity index (χ1n) is 7.59. The van der Waals surface area contributed by atoms with E-state index in [9.17, 15) is 9.18 Å². The van der Waals surface area contributed by atoms with Crippen molar-refractivity contribution in [3.05, 3.63) is 52.6 Å². The predicted octanol–water partition coefficient (Wildman–Crippen LogP) is 2.64. The Morgan fingerprint density at radius 2 is 2.19 bits per heavy atom. The van der Waals surface area contributed by atoms with Gasteiger partial charge in [-0.2, -0.15) is 0 Å². The number of hydrogen-bond donors (Lipinski definition) is 2. The number of hydrogen-bond acceptors (Lipinski definition) is 5. The van der Waals surface area contributed by atoms with Crippen molar-refractivity contribution in [2.75, 3.05) is 26.1 Å². The normalized spacial score (nSPS) is 11.2. The minimum absolute atomic E-state index is 0.0232. The lowest BCUT2D eigenvalue weighted by Gasteiger charge is -2.10. The van der Waals surface area contributed by atoms with Crippen molar-refractivity contribution in [2.24, 2.45) is 10.7 Å². The zero-order chi connectivity index (χ0) is 19.1. The number of rotatable bonds is 6. The Balaban J connectivity index is 2.09. The van der Waals surface area contributed by atoms with E-state index in [0.29, 0.717) is 17.0 Å². The van der Waals surface area contributed by atoms with Crippen molar-refractivity contribution in [3.63, 3.8) is 0 Å². The Labute approximate surface area is 155 Å². The maximum absolute atomic E-state index is 13.9. The van der Waals surface area contributed by atoms with Crippen LogP contribution in [0.5, 0.6) is 5.75 Å². The maximum Gasteiger partial charge on any atom is 0.281 e. The van der Waals surface area contributed by atoms with Gasteiger partial charge in [0.05, 0.1) is 24.9 Å². The van der Waals surface area contributed by atoms with Gasteiger partial charge in [-0.05, 0) is 23.8 Å². The molecule has 0 aliphatic carbocycles. The van der Waals surface area contributed by atoms with Crippen molar-refractivity contribution >= 4 is 29.2 Å². The Kier molecular flexibility index (Phi) is 6.74. The number of nitrogens with zero attached hydrogens (tertiary/aromatic N) is 2. The van der Waals surface area contributed by atoms with E-state index in [2.05, 4.69) is 15.3 Å². The lowest BCUT2D eigenvalue weighted by molar-refractivity contribution is 0.102. The fourth-order valence-corrected chi connectivity index (χ4v) is 2.31. The van der Waals surface area contributed by atoms with Gasteiger partial charge in [-0.1, -0.05) is 11.6 Å². The lowest BCUT2D eigenvalue weighted by atomic mass is 10.1. The molecule has 0 radical (unpaired) electrons. The summed E-state index contributed by atoms with van der Waals surface area (Å²) in [7, 11) is 2.96. The molecule has 0 unspecified atom stereocenters. The van der Waals surface area contributed by atoms with Crippen LogP contribution in [0.2, 0.25) is 5.02 Å². The van der Waals surface area contributed by atoms with Gasteiger partial charge < -0.3 is 20.5 Å². The molecule has 0 aliphatic rings. The summed E-state index contributed by atoms with van der Waals surface area (Å²) in [6.07, 6.45) is 1.64. The third kappa shape index (κ3) is 5.06. The molecule has 9 heteroatoms. The molecule has 138 valence electrons. The van der Waals surface area contributed by atoms with Crippen LogP contribution < -0.4 is 15.8 Å². The van der Waals surface area contributed by atoms with E-state index >= 15 is 0 Å². The van der Waals surface area contributed by atoms with Crippen LogP contribution in [0.4, 0.5) is 10.1 Å². The highest BCUT2D eigenvalue weighted by Gasteiger charge is 2.14. The lowest BCUT2D eigenvalue weighted by Crippen LogP contribution is -2.18. The molecule has 0 atom stereocenters. The van der Waals surface area contributed by atoms with Crippen LogP contribution in [0, 0.1) is 5.82 Å². The van der Waals surface area contributed by atoms with Crippen LogP contribution in [0.3, 0.4) is 0 Å². The van der Waals surface area contributed by atoms with Gasteiger partial charge in [0, 0.05) is 25.2 Å². The average molecular weight is 381 g/mol. The summed E-state index contributed by atoms with van der Waals surface area (Å²) in [5.74, 6) is -0.501.